The van der Waals surface area contributed by atoms with Crippen LogP contribution in [0.15, 0.2) is 18.2 Å². The van der Waals surface area contributed by atoms with Crippen molar-refractivity contribution in [3.63, 3.8) is 0 Å². The number of nitrogens with one attached hydrogen (secondary N) is 1. The van der Waals surface area contributed by atoms with Crippen molar-refractivity contribution in [3.8, 4) is 0 Å². The molecular formula is C23H33ClFNO3. The monoisotopic (exact) mass is 425 g/mol. The van der Waals surface area contributed by atoms with E-state index in [4.69, 9.17) is 4.74 Å². The van der Waals surface area contributed by atoms with Gasteiger partial charge in [-0.1, -0.05) is 38.2 Å². The van der Waals surface area contributed by atoms with Crippen LogP contribution in [0.4, 0.5) is 4.39 Å². The maximum Gasteiger partial charge on any atom is 0.341 e. The summed E-state index contributed by atoms with van der Waals surface area (Å²) < 4.78 is 19.7. The molecule has 29 heavy (non-hydrogen) atoms. The van der Waals surface area contributed by atoms with Crippen LogP contribution in [0.3, 0.4) is 0 Å². The number of esters is 1. The predicted molar refractivity (Wildman–Crippen MR) is 114 cm³/mol. The largest absolute Gasteiger partial charge is 0.456 e. The lowest BCUT2D eigenvalue weighted by Gasteiger charge is -2.30. The first kappa shape index (κ1) is 23.8. The van der Waals surface area contributed by atoms with Crippen molar-refractivity contribution in [2.45, 2.75) is 77.4 Å². The van der Waals surface area contributed by atoms with Crippen LogP contribution in [-0.4, -0.2) is 29.9 Å². The van der Waals surface area contributed by atoms with Gasteiger partial charge in [-0.15, -0.1) is 12.4 Å². The fourth-order valence-electron chi connectivity index (χ4n) is 4.62. The summed E-state index contributed by atoms with van der Waals surface area (Å²) in [6.45, 7) is 6.11. The Kier molecular flexibility index (Phi) is 8.24. The van der Waals surface area contributed by atoms with Crippen LogP contribution in [0.1, 0.15) is 75.2 Å². The Morgan fingerprint density at radius 2 is 1.83 bits per heavy atom. The second kappa shape index (κ2) is 10.0. The van der Waals surface area contributed by atoms with Gasteiger partial charge in [0.15, 0.2) is 5.78 Å². The predicted octanol–water partition coefficient (Wildman–Crippen LogP) is 4.87. The van der Waals surface area contributed by atoms with Gasteiger partial charge in [0.1, 0.15) is 11.4 Å². The minimum Gasteiger partial charge on any atom is -0.456 e. The van der Waals surface area contributed by atoms with E-state index in [0.29, 0.717) is 17.4 Å². The summed E-state index contributed by atoms with van der Waals surface area (Å²) in [5.41, 5.74) is -0.170. The molecule has 1 aromatic carbocycles. The molecule has 1 aliphatic heterocycles. The highest BCUT2D eigenvalue weighted by atomic mass is 35.5. The summed E-state index contributed by atoms with van der Waals surface area (Å²) >= 11 is 0. The summed E-state index contributed by atoms with van der Waals surface area (Å²) in [4.78, 5) is 25.0. The number of halogens is 2. The molecule has 1 saturated heterocycles. The average molecular weight is 426 g/mol. The second-order valence-corrected chi connectivity index (χ2v) is 9.24. The number of carbonyl (C=O) groups excluding carboxylic acids is 2. The van der Waals surface area contributed by atoms with Gasteiger partial charge in [-0.2, -0.15) is 0 Å². The molecule has 0 amide bonds. The first-order valence-corrected chi connectivity index (χ1v) is 10.5. The molecule has 162 valence electrons. The third-order valence-corrected chi connectivity index (χ3v) is 5.90. The fourth-order valence-corrected chi connectivity index (χ4v) is 4.62. The fraction of sp³-hybridized carbons (Fsp3) is 0.652. The number of hydrogen-bond acceptors (Lipinski definition) is 4. The van der Waals surface area contributed by atoms with Crippen LogP contribution in [0.25, 0.3) is 0 Å². The molecule has 4 nitrogen and oxygen atoms in total. The van der Waals surface area contributed by atoms with Crippen LogP contribution in [0.2, 0.25) is 0 Å². The summed E-state index contributed by atoms with van der Waals surface area (Å²) in [5.74, 6) is -0.166. The lowest BCUT2D eigenvalue weighted by molar-refractivity contribution is -0.121. The number of ketones is 1. The van der Waals surface area contributed by atoms with Crippen LogP contribution in [0.5, 0.6) is 0 Å². The van der Waals surface area contributed by atoms with Crippen molar-refractivity contribution in [2.75, 3.05) is 6.54 Å². The number of rotatable bonds is 5. The van der Waals surface area contributed by atoms with E-state index in [1.165, 1.54) is 44.2 Å². The zero-order valence-corrected chi connectivity index (χ0v) is 18.4. The molecule has 6 heteroatoms. The van der Waals surface area contributed by atoms with E-state index >= 15 is 0 Å². The number of ether oxygens (including phenoxy) is 1. The summed E-state index contributed by atoms with van der Waals surface area (Å²) in [5, 5.41) is 3.38. The molecule has 1 N–H and O–H groups in total. The zero-order valence-electron chi connectivity index (χ0n) is 17.6. The summed E-state index contributed by atoms with van der Waals surface area (Å²) in [7, 11) is 0. The molecule has 0 radical (unpaired) electrons. The summed E-state index contributed by atoms with van der Waals surface area (Å²) in [6.07, 6.45) is 7.50. The van der Waals surface area contributed by atoms with Gasteiger partial charge in [-0.25, -0.2) is 9.18 Å². The zero-order chi connectivity index (χ0) is 20.3. The van der Waals surface area contributed by atoms with Gasteiger partial charge < -0.3 is 10.1 Å². The molecule has 0 unspecified atom stereocenters. The molecule has 1 aromatic rings. The standard InChI is InChI=1S/C23H32FNO3.ClH/c1-23(2,3)28-22(27)18-10-9-15(13-19(18)24)14-20(26)21-17(11-12-25-21)16-7-5-4-6-8-16;/h9-10,13,16-17,21,25H,4-8,11-12,14H2,1-3H3;1H/t17-,21-;/m0./s1. The van der Waals surface area contributed by atoms with Gasteiger partial charge in [-0.3, -0.25) is 4.79 Å². The SMILES string of the molecule is CC(C)(C)OC(=O)c1ccc(CC(=O)[C@H]2NCC[C@H]2C2CCCCC2)cc1F.Cl. The van der Waals surface area contributed by atoms with Crippen molar-refractivity contribution in [1.29, 1.82) is 0 Å². The van der Waals surface area contributed by atoms with E-state index in [1.807, 2.05) is 0 Å². The molecule has 0 aromatic heterocycles. The molecule has 1 aliphatic carbocycles. The number of Topliss-reactive ketones (excluding diaryl/α,β-unsaturated/α-hetero) is 1. The quantitative estimate of drug-likeness (QED) is 0.683. The van der Waals surface area contributed by atoms with E-state index in [9.17, 15) is 14.0 Å². The average Bonchev–Trinajstić information content (AvgIpc) is 3.11. The maximum absolute atomic E-state index is 14.4. The first-order valence-electron chi connectivity index (χ1n) is 10.5. The molecule has 0 bridgehead atoms. The second-order valence-electron chi connectivity index (χ2n) is 9.24. The lowest BCUT2D eigenvalue weighted by atomic mass is 9.75. The van der Waals surface area contributed by atoms with Crippen LogP contribution < -0.4 is 5.32 Å². The van der Waals surface area contributed by atoms with Gasteiger partial charge in [0, 0.05) is 6.42 Å². The molecular weight excluding hydrogens is 393 g/mol. The Balaban J connectivity index is 0.00000300. The minimum absolute atomic E-state index is 0. The highest BCUT2D eigenvalue weighted by Crippen LogP contribution is 2.36. The van der Waals surface area contributed by atoms with Crippen LogP contribution >= 0.6 is 12.4 Å². The van der Waals surface area contributed by atoms with Crippen LogP contribution in [-0.2, 0) is 16.0 Å². The Bertz CT molecular complexity index is 725. The van der Waals surface area contributed by atoms with Crippen molar-refractivity contribution >= 4 is 24.2 Å². The normalized spacial score (nSPS) is 22.8. The highest BCUT2D eigenvalue weighted by Gasteiger charge is 2.37. The third kappa shape index (κ3) is 6.26. The molecule has 0 spiro atoms. The molecule has 3 rings (SSSR count). The van der Waals surface area contributed by atoms with E-state index in [1.54, 1.807) is 26.8 Å². The topological polar surface area (TPSA) is 55.4 Å². The van der Waals surface area contributed by atoms with Crippen LogP contribution in [0, 0.1) is 17.7 Å². The Hall–Kier alpha value is -1.46. The number of benzene rings is 1. The van der Waals surface area contributed by atoms with Gasteiger partial charge in [0.25, 0.3) is 0 Å². The third-order valence-electron chi connectivity index (χ3n) is 5.90. The van der Waals surface area contributed by atoms with Crippen molar-refractivity contribution in [2.24, 2.45) is 11.8 Å². The smallest absolute Gasteiger partial charge is 0.341 e. The molecule has 2 aliphatic rings. The van der Waals surface area contributed by atoms with Gasteiger partial charge in [0.2, 0.25) is 0 Å². The van der Waals surface area contributed by atoms with E-state index < -0.39 is 17.4 Å². The van der Waals surface area contributed by atoms with Crippen molar-refractivity contribution in [1.82, 2.24) is 5.32 Å². The van der Waals surface area contributed by atoms with Crippen molar-refractivity contribution in [3.05, 3.63) is 35.1 Å². The number of hydrogen-bond donors (Lipinski definition) is 1. The Labute approximate surface area is 179 Å². The molecule has 2 fully saturated rings. The molecule has 1 heterocycles. The minimum atomic E-state index is -0.683. The number of carbonyl (C=O) groups is 2. The van der Waals surface area contributed by atoms with Crippen molar-refractivity contribution < 1.29 is 18.7 Å². The van der Waals surface area contributed by atoms with E-state index in [2.05, 4.69) is 5.32 Å². The van der Waals surface area contributed by atoms with Gasteiger partial charge in [-0.05, 0) is 63.3 Å². The maximum atomic E-state index is 14.4. The van der Waals surface area contributed by atoms with Gasteiger partial charge in [0.05, 0.1) is 11.6 Å². The van der Waals surface area contributed by atoms with Gasteiger partial charge >= 0.3 is 5.97 Å². The summed E-state index contributed by atoms with van der Waals surface area (Å²) in [6, 6.07) is 4.25. The molecule has 1 saturated carbocycles. The Morgan fingerprint density at radius 3 is 2.45 bits per heavy atom. The lowest BCUT2D eigenvalue weighted by Crippen LogP contribution is -2.40. The van der Waals surface area contributed by atoms with E-state index in [0.717, 1.165) is 13.0 Å². The van der Waals surface area contributed by atoms with E-state index in [-0.39, 0.29) is 36.2 Å². The first-order chi connectivity index (χ1) is 13.2. The Morgan fingerprint density at radius 1 is 1.14 bits per heavy atom. The molecule has 2 atom stereocenters. The highest BCUT2D eigenvalue weighted by molar-refractivity contribution is 5.90.